The molecular weight excluding hydrogens is 362 g/mol. The maximum absolute atomic E-state index is 12.7. The number of fused-ring (bicyclic) bond motifs is 1. The summed E-state index contributed by atoms with van der Waals surface area (Å²) in [6, 6.07) is 18.1. The average molecular weight is 382 g/mol. The number of hydrogen-bond acceptors (Lipinski definition) is 5. The van der Waals surface area contributed by atoms with Gasteiger partial charge in [-0.1, -0.05) is 71.6 Å². The molecule has 26 heavy (non-hydrogen) atoms. The lowest BCUT2D eigenvalue weighted by Gasteiger charge is -2.29. The first-order chi connectivity index (χ1) is 12.7. The highest BCUT2D eigenvalue weighted by molar-refractivity contribution is 8.01. The van der Waals surface area contributed by atoms with Crippen molar-refractivity contribution in [3.05, 3.63) is 60.2 Å². The zero-order valence-electron chi connectivity index (χ0n) is 14.2. The van der Waals surface area contributed by atoms with Crippen LogP contribution in [0, 0.1) is 0 Å². The first kappa shape index (κ1) is 17.1. The summed E-state index contributed by atoms with van der Waals surface area (Å²) < 4.78 is 0.833. The number of nitrogens with zero attached hydrogens (tertiary/aromatic N) is 2. The fourth-order valence-electron chi connectivity index (χ4n) is 3.17. The third-order valence-electron chi connectivity index (χ3n) is 4.41. The summed E-state index contributed by atoms with van der Waals surface area (Å²) in [5, 5.41) is 0.689. The van der Waals surface area contributed by atoms with Gasteiger partial charge in [0.15, 0.2) is 4.34 Å². The lowest BCUT2D eigenvalue weighted by atomic mass is 10.0. The molecule has 2 aromatic carbocycles. The Morgan fingerprint density at radius 2 is 1.92 bits per heavy atom. The van der Waals surface area contributed by atoms with Gasteiger partial charge in [-0.05, 0) is 24.5 Å². The molecule has 4 nitrogen and oxygen atoms in total. The number of carbonyl (C=O) groups is 1. The molecule has 4 rings (SSSR count). The quantitative estimate of drug-likeness (QED) is 0.678. The van der Waals surface area contributed by atoms with Gasteiger partial charge in [-0.25, -0.2) is 4.98 Å². The maximum atomic E-state index is 12.7. The summed E-state index contributed by atoms with van der Waals surface area (Å²) in [6.07, 6.45) is 2.05. The van der Waals surface area contributed by atoms with E-state index >= 15 is 0 Å². The number of hydrogen-bond donors (Lipinski definition) is 1. The number of para-hydroxylation sites is 1. The number of nitrogen functional groups attached to an aromatic ring is 1. The van der Waals surface area contributed by atoms with E-state index in [0.29, 0.717) is 10.8 Å². The van der Waals surface area contributed by atoms with Crippen molar-refractivity contribution in [1.82, 2.24) is 4.98 Å². The number of aryl methyl sites for hydroxylation is 1. The summed E-state index contributed by atoms with van der Waals surface area (Å²) in [5.74, 6) is 0.493. The normalized spacial score (nSPS) is 13.5. The standard InChI is InChI=1S/C20H19N3OS2/c21-19-18(15-8-2-1-3-9-15)22-20(26-19)25-13-17(24)23-12-6-10-14-7-4-5-11-16(14)23/h1-5,7-9,11H,6,10,12-13,21H2. The number of aromatic nitrogens is 1. The van der Waals surface area contributed by atoms with Gasteiger partial charge in [-0.3, -0.25) is 4.79 Å². The molecule has 2 heterocycles. The topological polar surface area (TPSA) is 59.2 Å². The zero-order valence-corrected chi connectivity index (χ0v) is 15.9. The lowest BCUT2D eigenvalue weighted by Crippen LogP contribution is -2.36. The summed E-state index contributed by atoms with van der Waals surface area (Å²) in [5.41, 5.74) is 10.2. The molecule has 0 saturated heterocycles. The van der Waals surface area contributed by atoms with E-state index in [1.165, 1.54) is 28.7 Å². The largest absolute Gasteiger partial charge is 0.389 e. The van der Waals surface area contributed by atoms with Gasteiger partial charge < -0.3 is 10.6 Å². The molecule has 0 unspecified atom stereocenters. The minimum absolute atomic E-state index is 0.122. The van der Waals surface area contributed by atoms with E-state index in [2.05, 4.69) is 11.1 Å². The van der Waals surface area contributed by atoms with Crippen molar-refractivity contribution in [2.24, 2.45) is 0 Å². The van der Waals surface area contributed by atoms with Gasteiger partial charge in [-0.15, -0.1) is 0 Å². The molecule has 1 amide bonds. The Balaban J connectivity index is 1.46. The van der Waals surface area contributed by atoms with Crippen LogP contribution in [-0.4, -0.2) is 23.2 Å². The average Bonchev–Trinajstić information content (AvgIpc) is 3.07. The molecule has 0 fully saturated rings. The second kappa shape index (κ2) is 7.51. The molecule has 0 bridgehead atoms. The van der Waals surface area contributed by atoms with Crippen LogP contribution >= 0.6 is 23.1 Å². The predicted octanol–water partition coefficient (Wildman–Crippen LogP) is 4.46. The second-order valence-electron chi connectivity index (χ2n) is 6.12. The van der Waals surface area contributed by atoms with Crippen molar-refractivity contribution < 1.29 is 4.79 Å². The van der Waals surface area contributed by atoms with Crippen LogP contribution in [0.5, 0.6) is 0 Å². The van der Waals surface area contributed by atoms with Crippen molar-refractivity contribution in [3.8, 4) is 11.3 Å². The van der Waals surface area contributed by atoms with Gasteiger partial charge in [0.2, 0.25) is 5.91 Å². The molecule has 3 aromatic rings. The van der Waals surface area contributed by atoms with Crippen LogP contribution in [0.2, 0.25) is 0 Å². The van der Waals surface area contributed by atoms with Crippen LogP contribution in [0.4, 0.5) is 10.7 Å². The number of benzene rings is 2. The number of thiazole rings is 1. The van der Waals surface area contributed by atoms with Gasteiger partial charge in [0, 0.05) is 17.8 Å². The fourth-order valence-corrected chi connectivity index (χ4v) is 5.00. The Morgan fingerprint density at radius 1 is 1.15 bits per heavy atom. The smallest absolute Gasteiger partial charge is 0.237 e. The van der Waals surface area contributed by atoms with Crippen LogP contribution < -0.4 is 10.6 Å². The van der Waals surface area contributed by atoms with Crippen molar-refractivity contribution in [3.63, 3.8) is 0 Å². The third kappa shape index (κ3) is 3.48. The Labute approximate surface area is 161 Å². The summed E-state index contributed by atoms with van der Waals surface area (Å²) in [6.45, 7) is 0.783. The van der Waals surface area contributed by atoms with Crippen molar-refractivity contribution >= 4 is 39.7 Å². The maximum Gasteiger partial charge on any atom is 0.237 e. The molecule has 2 N–H and O–H groups in total. The van der Waals surface area contributed by atoms with Crippen molar-refractivity contribution in [1.29, 1.82) is 0 Å². The Kier molecular flexibility index (Phi) is 4.95. The van der Waals surface area contributed by atoms with E-state index in [1.54, 1.807) is 0 Å². The SMILES string of the molecule is Nc1sc(SCC(=O)N2CCCc3ccccc32)nc1-c1ccccc1. The van der Waals surface area contributed by atoms with Gasteiger partial charge in [0.05, 0.1) is 5.75 Å². The molecule has 1 aliphatic rings. The minimum Gasteiger partial charge on any atom is -0.389 e. The molecule has 6 heteroatoms. The molecule has 0 spiro atoms. The highest BCUT2D eigenvalue weighted by atomic mass is 32.2. The predicted molar refractivity (Wildman–Crippen MR) is 110 cm³/mol. The zero-order chi connectivity index (χ0) is 17.9. The lowest BCUT2D eigenvalue weighted by molar-refractivity contribution is -0.116. The van der Waals surface area contributed by atoms with Gasteiger partial charge in [0.1, 0.15) is 10.7 Å². The monoisotopic (exact) mass is 381 g/mol. The van der Waals surface area contributed by atoms with E-state index in [0.717, 1.165) is 40.7 Å². The summed E-state index contributed by atoms with van der Waals surface area (Å²) in [4.78, 5) is 19.3. The van der Waals surface area contributed by atoms with Gasteiger partial charge in [0.25, 0.3) is 0 Å². The third-order valence-corrected chi connectivity index (χ3v) is 6.42. The van der Waals surface area contributed by atoms with E-state index < -0.39 is 0 Å². The first-order valence-electron chi connectivity index (χ1n) is 8.55. The first-order valence-corrected chi connectivity index (χ1v) is 10.4. The van der Waals surface area contributed by atoms with Gasteiger partial charge >= 0.3 is 0 Å². The van der Waals surface area contributed by atoms with Crippen LogP contribution in [0.25, 0.3) is 11.3 Å². The van der Waals surface area contributed by atoms with Crippen LogP contribution in [0.1, 0.15) is 12.0 Å². The Bertz CT molecular complexity index is 924. The number of rotatable bonds is 4. The van der Waals surface area contributed by atoms with Gasteiger partial charge in [-0.2, -0.15) is 0 Å². The number of amides is 1. The molecule has 0 saturated carbocycles. The van der Waals surface area contributed by atoms with Crippen LogP contribution in [0.3, 0.4) is 0 Å². The molecule has 132 valence electrons. The Hall–Kier alpha value is -2.31. The highest BCUT2D eigenvalue weighted by Gasteiger charge is 2.22. The molecule has 1 aromatic heterocycles. The number of nitrogens with two attached hydrogens (primary N) is 1. The summed E-state index contributed by atoms with van der Waals surface area (Å²) in [7, 11) is 0. The molecule has 0 aliphatic carbocycles. The summed E-state index contributed by atoms with van der Waals surface area (Å²) >= 11 is 2.91. The highest BCUT2D eigenvalue weighted by Crippen LogP contribution is 2.36. The van der Waals surface area contributed by atoms with E-state index in [1.807, 2.05) is 53.4 Å². The Morgan fingerprint density at radius 3 is 2.77 bits per heavy atom. The van der Waals surface area contributed by atoms with Crippen LogP contribution in [-0.2, 0) is 11.2 Å². The fraction of sp³-hybridized carbons (Fsp3) is 0.200. The number of thioether (sulfide) groups is 1. The number of anilines is 2. The van der Waals surface area contributed by atoms with E-state index in [4.69, 9.17) is 5.73 Å². The van der Waals surface area contributed by atoms with Crippen LogP contribution in [0.15, 0.2) is 58.9 Å². The molecule has 0 radical (unpaired) electrons. The van der Waals surface area contributed by atoms with Crippen molar-refractivity contribution in [2.75, 3.05) is 22.9 Å². The minimum atomic E-state index is 0.122. The second-order valence-corrected chi connectivity index (χ2v) is 8.38. The van der Waals surface area contributed by atoms with E-state index in [-0.39, 0.29) is 5.91 Å². The molecule has 0 atom stereocenters. The number of carbonyl (C=O) groups excluding carboxylic acids is 1. The molecule has 1 aliphatic heterocycles. The molecular formula is C20H19N3OS2. The van der Waals surface area contributed by atoms with Crippen molar-refractivity contribution in [2.45, 2.75) is 17.2 Å². The van der Waals surface area contributed by atoms with E-state index in [9.17, 15) is 4.79 Å².